The highest BCUT2D eigenvalue weighted by Crippen LogP contribution is 2.25. The van der Waals surface area contributed by atoms with Gasteiger partial charge >= 0.3 is 0 Å². The summed E-state index contributed by atoms with van der Waals surface area (Å²) in [6.45, 7) is 7.71. The highest BCUT2D eigenvalue weighted by atomic mass is 16.2. The Balaban J connectivity index is 1.36. The second kappa shape index (κ2) is 9.85. The number of likely N-dealkylation sites (tertiary alicyclic amines) is 1. The van der Waals surface area contributed by atoms with E-state index >= 15 is 0 Å². The molecule has 1 atom stereocenters. The van der Waals surface area contributed by atoms with Crippen molar-refractivity contribution in [2.24, 2.45) is 5.92 Å². The number of benzene rings is 1. The van der Waals surface area contributed by atoms with Gasteiger partial charge in [0.25, 0.3) is 5.91 Å². The van der Waals surface area contributed by atoms with E-state index in [1.165, 1.54) is 0 Å². The molecule has 3 aromatic rings. The molecule has 178 valence electrons. The molecule has 0 saturated carbocycles. The molecule has 0 spiro atoms. The van der Waals surface area contributed by atoms with Gasteiger partial charge in [0, 0.05) is 51.7 Å². The summed E-state index contributed by atoms with van der Waals surface area (Å²) in [5.41, 5.74) is 1.44. The molecule has 34 heavy (non-hydrogen) atoms. The van der Waals surface area contributed by atoms with E-state index in [0.29, 0.717) is 24.5 Å². The minimum absolute atomic E-state index is 0.0702. The fraction of sp³-hybridized carbons (Fsp3) is 0.423. The molecule has 0 bridgehead atoms. The zero-order valence-corrected chi connectivity index (χ0v) is 19.7. The zero-order chi connectivity index (χ0) is 23.5. The number of hydrogen-bond acceptors (Lipinski definition) is 4. The van der Waals surface area contributed by atoms with Crippen molar-refractivity contribution in [3.8, 4) is 11.5 Å². The van der Waals surface area contributed by atoms with E-state index in [0.717, 1.165) is 51.3 Å². The van der Waals surface area contributed by atoms with Gasteiger partial charge < -0.3 is 19.3 Å². The van der Waals surface area contributed by atoms with Crippen LogP contribution in [0.1, 0.15) is 30.1 Å². The predicted octanol–water partition coefficient (Wildman–Crippen LogP) is 2.68. The van der Waals surface area contributed by atoms with Crippen molar-refractivity contribution in [3.63, 3.8) is 0 Å². The minimum Gasteiger partial charge on any atom is -0.340 e. The molecule has 1 aromatic carbocycles. The number of piperidine rings is 1. The van der Waals surface area contributed by atoms with Gasteiger partial charge in [-0.15, -0.1) is 0 Å². The second-order valence-corrected chi connectivity index (χ2v) is 9.07. The van der Waals surface area contributed by atoms with Crippen LogP contribution in [0.15, 0.2) is 61.1 Å². The number of amides is 2. The standard InChI is InChI=1S/C26H32N6O2/c1-2-28-15-17-30(18-16-28)25(33)21-9-8-14-31(20-21)26(34)23-19-27-32(22-10-4-3-5-11-22)24(23)29-12-6-7-13-29/h3-7,10-13,19,21H,2,8-9,14-18,20H2,1H3. The third kappa shape index (κ3) is 4.37. The normalized spacial score (nSPS) is 19.4. The van der Waals surface area contributed by atoms with Crippen molar-refractivity contribution in [3.05, 3.63) is 66.6 Å². The topological polar surface area (TPSA) is 66.6 Å². The summed E-state index contributed by atoms with van der Waals surface area (Å²) < 4.78 is 3.72. The van der Waals surface area contributed by atoms with Crippen LogP contribution in [0, 0.1) is 5.92 Å². The molecular weight excluding hydrogens is 428 g/mol. The maximum absolute atomic E-state index is 13.7. The Labute approximate surface area is 200 Å². The first kappa shape index (κ1) is 22.4. The number of aromatic nitrogens is 3. The minimum atomic E-state index is -0.134. The summed E-state index contributed by atoms with van der Waals surface area (Å²) in [4.78, 5) is 33.2. The first-order chi connectivity index (χ1) is 16.7. The number of para-hydroxylation sites is 1. The summed E-state index contributed by atoms with van der Waals surface area (Å²) >= 11 is 0. The average Bonchev–Trinajstić information content (AvgIpc) is 3.58. The van der Waals surface area contributed by atoms with Crippen molar-refractivity contribution >= 4 is 11.8 Å². The predicted molar refractivity (Wildman–Crippen MR) is 130 cm³/mol. The summed E-state index contributed by atoms with van der Waals surface area (Å²) in [7, 11) is 0. The van der Waals surface area contributed by atoms with E-state index in [-0.39, 0.29) is 17.7 Å². The number of nitrogens with zero attached hydrogens (tertiary/aromatic N) is 6. The van der Waals surface area contributed by atoms with Crippen LogP contribution in [0.2, 0.25) is 0 Å². The summed E-state index contributed by atoms with van der Waals surface area (Å²) in [6.07, 6.45) is 7.17. The number of carbonyl (C=O) groups excluding carboxylic acids is 2. The number of carbonyl (C=O) groups is 2. The lowest BCUT2D eigenvalue weighted by molar-refractivity contribution is -0.138. The SMILES string of the molecule is CCN1CCN(C(=O)C2CCCN(C(=O)c3cnn(-c4ccccc4)c3-n3cccc3)C2)CC1. The Hall–Kier alpha value is -3.39. The number of rotatable bonds is 5. The van der Waals surface area contributed by atoms with Gasteiger partial charge in [0.15, 0.2) is 5.82 Å². The quantitative estimate of drug-likeness (QED) is 0.587. The smallest absolute Gasteiger partial charge is 0.259 e. The summed E-state index contributed by atoms with van der Waals surface area (Å²) in [6, 6.07) is 13.7. The molecule has 0 N–H and O–H groups in total. The molecule has 2 aromatic heterocycles. The van der Waals surface area contributed by atoms with E-state index in [9.17, 15) is 9.59 Å². The second-order valence-electron chi connectivity index (χ2n) is 9.07. The molecular formula is C26H32N6O2. The fourth-order valence-electron chi connectivity index (χ4n) is 5.05. The molecule has 2 aliphatic rings. The van der Waals surface area contributed by atoms with Crippen molar-refractivity contribution in [1.29, 1.82) is 0 Å². The largest absolute Gasteiger partial charge is 0.340 e. The van der Waals surface area contributed by atoms with E-state index < -0.39 is 0 Å². The lowest BCUT2D eigenvalue weighted by Gasteiger charge is -2.38. The van der Waals surface area contributed by atoms with E-state index in [1.807, 2.05) is 69.2 Å². The van der Waals surface area contributed by atoms with Gasteiger partial charge in [0.1, 0.15) is 5.56 Å². The molecule has 2 aliphatic heterocycles. The molecule has 2 saturated heterocycles. The van der Waals surface area contributed by atoms with E-state index in [2.05, 4.69) is 16.9 Å². The first-order valence-electron chi connectivity index (χ1n) is 12.2. The highest BCUT2D eigenvalue weighted by molar-refractivity contribution is 5.97. The van der Waals surface area contributed by atoms with Crippen LogP contribution in [0.25, 0.3) is 11.5 Å². The molecule has 8 heteroatoms. The van der Waals surface area contributed by atoms with Gasteiger partial charge in [-0.05, 0) is 43.7 Å². The number of hydrogen-bond donors (Lipinski definition) is 0. The molecule has 4 heterocycles. The Morgan fingerprint density at radius 2 is 1.68 bits per heavy atom. The van der Waals surface area contributed by atoms with Gasteiger partial charge in [-0.25, -0.2) is 4.68 Å². The molecule has 0 radical (unpaired) electrons. The fourth-order valence-corrected chi connectivity index (χ4v) is 5.05. The van der Waals surface area contributed by atoms with Gasteiger partial charge in [-0.2, -0.15) is 5.10 Å². The lowest BCUT2D eigenvalue weighted by atomic mass is 9.95. The average molecular weight is 461 g/mol. The Morgan fingerprint density at radius 1 is 0.941 bits per heavy atom. The Morgan fingerprint density at radius 3 is 2.38 bits per heavy atom. The molecule has 2 fully saturated rings. The van der Waals surface area contributed by atoms with Crippen LogP contribution in [0.5, 0.6) is 0 Å². The number of piperazine rings is 1. The monoisotopic (exact) mass is 460 g/mol. The third-order valence-corrected chi connectivity index (χ3v) is 7.01. The van der Waals surface area contributed by atoms with Crippen molar-refractivity contribution in [2.75, 3.05) is 45.8 Å². The maximum atomic E-state index is 13.7. The number of likely N-dealkylation sites (N-methyl/N-ethyl adjacent to an activating group) is 1. The lowest BCUT2D eigenvalue weighted by Crippen LogP contribution is -2.53. The maximum Gasteiger partial charge on any atom is 0.259 e. The Kier molecular flexibility index (Phi) is 6.49. The summed E-state index contributed by atoms with van der Waals surface area (Å²) in [5, 5.41) is 4.57. The van der Waals surface area contributed by atoms with Gasteiger partial charge in [-0.1, -0.05) is 25.1 Å². The molecule has 5 rings (SSSR count). The first-order valence-corrected chi connectivity index (χ1v) is 12.2. The molecule has 2 amide bonds. The third-order valence-electron chi connectivity index (χ3n) is 7.01. The summed E-state index contributed by atoms with van der Waals surface area (Å²) in [5.74, 6) is 0.702. The highest BCUT2D eigenvalue weighted by Gasteiger charge is 2.34. The van der Waals surface area contributed by atoms with Crippen LogP contribution < -0.4 is 0 Å². The van der Waals surface area contributed by atoms with E-state index in [1.54, 1.807) is 10.9 Å². The molecule has 0 aliphatic carbocycles. The van der Waals surface area contributed by atoms with Crippen molar-refractivity contribution in [2.45, 2.75) is 19.8 Å². The Bertz CT molecular complexity index is 1120. The van der Waals surface area contributed by atoms with Crippen LogP contribution in [0.3, 0.4) is 0 Å². The molecule has 8 nitrogen and oxygen atoms in total. The van der Waals surface area contributed by atoms with Crippen LogP contribution in [0.4, 0.5) is 0 Å². The van der Waals surface area contributed by atoms with Gasteiger partial charge in [0.05, 0.1) is 17.8 Å². The van der Waals surface area contributed by atoms with Crippen molar-refractivity contribution < 1.29 is 9.59 Å². The van der Waals surface area contributed by atoms with Gasteiger partial charge in [-0.3, -0.25) is 9.59 Å². The van der Waals surface area contributed by atoms with Crippen LogP contribution in [-0.4, -0.2) is 86.7 Å². The van der Waals surface area contributed by atoms with Crippen LogP contribution in [-0.2, 0) is 4.79 Å². The molecule has 1 unspecified atom stereocenters. The van der Waals surface area contributed by atoms with Gasteiger partial charge in [0.2, 0.25) is 5.91 Å². The van der Waals surface area contributed by atoms with Crippen LogP contribution >= 0.6 is 0 Å². The van der Waals surface area contributed by atoms with E-state index in [4.69, 9.17) is 0 Å². The zero-order valence-electron chi connectivity index (χ0n) is 19.7. The van der Waals surface area contributed by atoms with Crippen molar-refractivity contribution in [1.82, 2.24) is 29.0 Å².